The van der Waals surface area contributed by atoms with Gasteiger partial charge in [0.25, 0.3) is 5.70 Å². The number of aryl methyl sites for hydroxylation is 1. The van der Waals surface area contributed by atoms with Crippen LogP contribution >= 0.6 is 0 Å². The molecule has 0 fully saturated rings. The molecule has 0 spiro atoms. The van der Waals surface area contributed by atoms with Crippen LogP contribution in [0.15, 0.2) is 75.5 Å². The zero-order valence-corrected chi connectivity index (χ0v) is 16.2. The summed E-state index contributed by atoms with van der Waals surface area (Å²) in [6.45, 7) is 1.77. The number of sulfone groups is 2. The van der Waals surface area contributed by atoms with Crippen LogP contribution in [-0.4, -0.2) is 28.0 Å². The Morgan fingerprint density at radius 3 is 2.15 bits per heavy atom. The van der Waals surface area contributed by atoms with Crippen molar-refractivity contribution in [1.82, 2.24) is 0 Å². The summed E-state index contributed by atoms with van der Waals surface area (Å²) in [5.41, 5.74) is 0.366. The van der Waals surface area contributed by atoms with Gasteiger partial charge in [-0.15, -0.1) is 0 Å². The number of hydrogen-bond acceptors (Lipinski definition) is 6. The van der Waals surface area contributed by atoms with Gasteiger partial charge in [0.2, 0.25) is 9.84 Å². The number of benzene rings is 2. The van der Waals surface area contributed by atoms with Crippen molar-refractivity contribution in [3.8, 4) is 0 Å². The Morgan fingerprint density at radius 2 is 1.63 bits per heavy atom. The van der Waals surface area contributed by atoms with Crippen molar-refractivity contribution in [2.24, 2.45) is 0 Å². The fraction of sp³-hybridized carbons (Fsp3) is 0.111. The quantitative estimate of drug-likeness (QED) is 0.413. The highest BCUT2D eigenvalue weighted by Crippen LogP contribution is 2.28. The maximum absolute atomic E-state index is 12.9. The molecule has 0 saturated heterocycles. The van der Waals surface area contributed by atoms with Gasteiger partial charge in [-0.1, -0.05) is 48.0 Å². The molecule has 7 nitrogen and oxygen atoms in total. The van der Waals surface area contributed by atoms with E-state index in [-0.39, 0.29) is 4.90 Å². The Kier molecular flexibility index (Phi) is 5.97. The highest BCUT2D eigenvalue weighted by atomic mass is 32.2. The second-order valence-corrected chi connectivity index (χ2v) is 9.64. The fourth-order valence-corrected chi connectivity index (χ4v) is 5.03. The van der Waals surface area contributed by atoms with Crippen molar-refractivity contribution >= 4 is 25.8 Å². The van der Waals surface area contributed by atoms with Crippen molar-refractivity contribution < 1.29 is 21.8 Å². The van der Waals surface area contributed by atoms with E-state index in [4.69, 9.17) is 0 Å². The van der Waals surface area contributed by atoms with Gasteiger partial charge in [-0.3, -0.25) is 10.1 Å². The number of nitro groups is 1. The van der Waals surface area contributed by atoms with E-state index < -0.39 is 35.2 Å². The van der Waals surface area contributed by atoms with Crippen LogP contribution in [0.4, 0.5) is 0 Å². The first-order chi connectivity index (χ1) is 12.5. The molecular weight excluding hydrogens is 390 g/mol. The highest BCUT2D eigenvalue weighted by molar-refractivity contribution is 7.98. The summed E-state index contributed by atoms with van der Waals surface area (Å²) in [4.78, 5) is 9.60. The Balaban J connectivity index is 2.79. The minimum atomic E-state index is -4.44. The molecule has 27 heavy (non-hydrogen) atoms. The molecule has 0 N–H and O–H groups in total. The SMILES string of the molecule is Cc1cccc(/C=C(\C(=C/S(C)(=O)=O)S(=O)(=O)c2ccccc2)[N+](=O)[O-])c1. The lowest BCUT2D eigenvalue weighted by Gasteiger charge is -2.08. The average Bonchev–Trinajstić information content (AvgIpc) is 2.57. The van der Waals surface area contributed by atoms with E-state index in [0.717, 1.165) is 17.9 Å². The molecule has 2 aromatic carbocycles. The van der Waals surface area contributed by atoms with Crippen LogP contribution in [0.25, 0.3) is 6.08 Å². The van der Waals surface area contributed by atoms with Gasteiger partial charge in [-0.2, -0.15) is 0 Å². The van der Waals surface area contributed by atoms with Crippen LogP contribution in [0.3, 0.4) is 0 Å². The Morgan fingerprint density at radius 1 is 1.00 bits per heavy atom. The number of hydrogen-bond donors (Lipinski definition) is 0. The molecule has 0 amide bonds. The summed E-state index contributed by atoms with van der Waals surface area (Å²) >= 11 is 0. The molecule has 0 aliphatic rings. The van der Waals surface area contributed by atoms with E-state index in [1.54, 1.807) is 37.3 Å². The van der Waals surface area contributed by atoms with Gasteiger partial charge < -0.3 is 0 Å². The van der Waals surface area contributed by atoms with Gasteiger partial charge in [-0.05, 0) is 24.6 Å². The van der Waals surface area contributed by atoms with Gasteiger partial charge in [-0.25, -0.2) is 16.8 Å². The zero-order valence-electron chi connectivity index (χ0n) is 14.6. The van der Waals surface area contributed by atoms with E-state index in [1.807, 2.05) is 0 Å². The molecule has 2 rings (SSSR count). The smallest absolute Gasteiger partial charge is 0.258 e. The molecule has 142 valence electrons. The molecular formula is C18H17NO6S2. The van der Waals surface area contributed by atoms with Crippen molar-refractivity contribution in [3.05, 3.63) is 91.8 Å². The third-order valence-corrected chi connectivity index (χ3v) is 6.07. The van der Waals surface area contributed by atoms with Crippen molar-refractivity contribution in [2.75, 3.05) is 6.26 Å². The first-order valence-electron chi connectivity index (χ1n) is 7.66. The summed E-state index contributed by atoms with van der Waals surface area (Å²) in [6.07, 6.45) is 1.82. The minimum Gasteiger partial charge on any atom is -0.258 e. The van der Waals surface area contributed by atoms with Crippen molar-refractivity contribution in [2.45, 2.75) is 11.8 Å². The highest BCUT2D eigenvalue weighted by Gasteiger charge is 2.33. The summed E-state index contributed by atoms with van der Waals surface area (Å²) in [5, 5.41) is 12.0. The third-order valence-electron chi connectivity index (χ3n) is 3.46. The second kappa shape index (κ2) is 7.85. The minimum absolute atomic E-state index is 0.239. The summed E-state index contributed by atoms with van der Waals surface area (Å²) < 4.78 is 49.4. The van der Waals surface area contributed by atoms with Crippen LogP contribution in [0.5, 0.6) is 0 Å². The van der Waals surface area contributed by atoms with E-state index in [1.165, 1.54) is 24.3 Å². The molecule has 0 radical (unpaired) electrons. The predicted octanol–water partition coefficient (Wildman–Crippen LogP) is 2.97. The summed E-state index contributed by atoms with van der Waals surface area (Å²) in [6, 6.07) is 13.6. The van der Waals surface area contributed by atoms with E-state index in [0.29, 0.717) is 11.0 Å². The van der Waals surface area contributed by atoms with Crippen LogP contribution < -0.4 is 0 Å². The lowest BCUT2D eigenvalue weighted by atomic mass is 10.1. The third kappa shape index (κ3) is 5.35. The van der Waals surface area contributed by atoms with Gasteiger partial charge in [0.15, 0.2) is 14.7 Å². The Bertz CT molecular complexity index is 1130. The largest absolute Gasteiger partial charge is 0.289 e. The van der Waals surface area contributed by atoms with Gasteiger partial charge in [0.1, 0.15) is 0 Å². The molecule has 0 bridgehead atoms. The average molecular weight is 407 g/mol. The summed E-state index contributed by atoms with van der Waals surface area (Å²) in [7, 11) is -8.42. The number of rotatable bonds is 6. The van der Waals surface area contributed by atoms with Crippen LogP contribution in [0, 0.1) is 17.0 Å². The molecule has 9 heteroatoms. The standard InChI is InChI=1S/C18H17NO6S2/c1-14-7-6-8-15(11-14)12-17(19(20)21)18(13-26(2,22)23)27(24,25)16-9-4-3-5-10-16/h3-13H,1-2H3/b17-12+,18-13+. The number of nitrogens with zero attached hydrogens (tertiary/aromatic N) is 1. The lowest BCUT2D eigenvalue weighted by molar-refractivity contribution is -0.418. The Labute approximate surface area is 157 Å². The predicted molar refractivity (Wildman–Crippen MR) is 103 cm³/mol. The zero-order chi connectivity index (χ0) is 20.2. The van der Waals surface area contributed by atoms with Crippen LogP contribution in [0.1, 0.15) is 11.1 Å². The molecule has 0 aromatic heterocycles. The fourth-order valence-electron chi connectivity index (χ4n) is 2.31. The maximum atomic E-state index is 12.9. The monoisotopic (exact) mass is 407 g/mol. The molecule has 0 saturated carbocycles. The van der Waals surface area contributed by atoms with E-state index in [9.17, 15) is 26.9 Å². The summed E-state index contributed by atoms with van der Waals surface area (Å²) in [5.74, 6) is 0. The molecule has 0 atom stereocenters. The van der Waals surface area contributed by atoms with Crippen molar-refractivity contribution in [3.63, 3.8) is 0 Å². The van der Waals surface area contributed by atoms with Gasteiger partial charge in [0.05, 0.1) is 15.2 Å². The molecule has 0 heterocycles. The van der Waals surface area contributed by atoms with Crippen LogP contribution in [-0.2, 0) is 19.7 Å². The second-order valence-electron chi connectivity index (χ2n) is 5.83. The first kappa shape index (κ1) is 20.5. The Hall–Kier alpha value is -2.78. The topological polar surface area (TPSA) is 111 Å². The van der Waals surface area contributed by atoms with Crippen LogP contribution in [0.2, 0.25) is 0 Å². The lowest BCUT2D eigenvalue weighted by Crippen LogP contribution is -2.14. The van der Waals surface area contributed by atoms with Crippen molar-refractivity contribution in [1.29, 1.82) is 0 Å². The van der Waals surface area contributed by atoms with E-state index in [2.05, 4.69) is 0 Å². The molecule has 0 aliphatic heterocycles. The molecule has 2 aromatic rings. The first-order valence-corrected chi connectivity index (χ1v) is 11.1. The molecule has 0 unspecified atom stereocenters. The normalized spacial score (nSPS) is 13.4. The van der Waals surface area contributed by atoms with E-state index >= 15 is 0 Å². The van der Waals surface area contributed by atoms with Gasteiger partial charge in [0, 0.05) is 12.3 Å². The maximum Gasteiger partial charge on any atom is 0.289 e. The van der Waals surface area contributed by atoms with Gasteiger partial charge >= 0.3 is 0 Å². The molecule has 0 aliphatic carbocycles.